The van der Waals surface area contributed by atoms with Crippen LogP contribution in [0.5, 0.6) is 0 Å². The third-order valence-electron chi connectivity index (χ3n) is 2.60. The van der Waals surface area contributed by atoms with Crippen LogP contribution in [0.4, 0.5) is 0 Å². The average Bonchev–Trinajstić information content (AvgIpc) is 2.15. The second-order valence-corrected chi connectivity index (χ2v) is 5.58. The van der Waals surface area contributed by atoms with E-state index >= 15 is 0 Å². The molecule has 0 aliphatic heterocycles. The molecule has 0 unspecified atom stereocenters. The Labute approximate surface area is 88.5 Å². The quantitative estimate of drug-likeness (QED) is 0.753. The minimum Gasteiger partial charge on any atom is -0.324 e. The number of rotatable bonds is 2. The van der Waals surface area contributed by atoms with Gasteiger partial charge in [0.15, 0.2) is 0 Å². The summed E-state index contributed by atoms with van der Waals surface area (Å²) < 4.78 is 10.8. The fraction of sp³-hybridized carbons (Fsp3) is 0.500. The fourth-order valence-electron chi connectivity index (χ4n) is 1.93. The second-order valence-electron chi connectivity index (χ2n) is 3.94. The zero-order valence-corrected chi connectivity index (χ0v) is 9.28. The van der Waals surface area contributed by atoms with Gasteiger partial charge in [0, 0.05) is 5.69 Å². The van der Waals surface area contributed by atoms with Crippen molar-refractivity contribution < 1.29 is 14.4 Å². The number of hydrogen-bond donors (Lipinski definition) is 2. The lowest BCUT2D eigenvalue weighted by Gasteiger charge is -2.15. The molecule has 15 heavy (non-hydrogen) atoms. The van der Waals surface area contributed by atoms with E-state index in [0.717, 1.165) is 25.0 Å². The maximum absolute atomic E-state index is 10.8. The molecule has 0 saturated heterocycles. The maximum Gasteiger partial charge on any atom is 0.331 e. The highest BCUT2D eigenvalue weighted by Crippen LogP contribution is 2.38. The van der Waals surface area contributed by atoms with Crippen molar-refractivity contribution in [2.75, 3.05) is 0 Å². The SMILES string of the molecule is O=P(O)(O)Cc1ccc2c(n1)CCCC2. The van der Waals surface area contributed by atoms with Crippen molar-refractivity contribution >= 4 is 7.60 Å². The van der Waals surface area contributed by atoms with Crippen molar-refractivity contribution in [3.05, 3.63) is 29.1 Å². The first-order valence-electron chi connectivity index (χ1n) is 5.07. The Hall–Kier alpha value is -0.700. The van der Waals surface area contributed by atoms with Crippen molar-refractivity contribution in [3.8, 4) is 0 Å². The molecule has 5 heteroatoms. The molecular formula is C10H14NO3P. The van der Waals surface area contributed by atoms with Gasteiger partial charge in [0.25, 0.3) is 0 Å². The fourth-order valence-corrected chi connectivity index (χ4v) is 2.52. The first-order chi connectivity index (χ1) is 7.04. The zero-order chi connectivity index (χ0) is 10.9. The molecule has 0 aromatic carbocycles. The lowest BCUT2D eigenvalue weighted by atomic mass is 9.96. The third kappa shape index (κ3) is 2.88. The van der Waals surface area contributed by atoms with Crippen LogP contribution in [0.15, 0.2) is 12.1 Å². The Kier molecular flexibility index (Phi) is 2.91. The van der Waals surface area contributed by atoms with E-state index in [9.17, 15) is 4.57 Å². The van der Waals surface area contributed by atoms with Gasteiger partial charge < -0.3 is 9.79 Å². The van der Waals surface area contributed by atoms with E-state index in [-0.39, 0.29) is 6.16 Å². The lowest BCUT2D eigenvalue weighted by molar-refractivity contribution is 0.371. The molecule has 2 N–H and O–H groups in total. The highest BCUT2D eigenvalue weighted by molar-refractivity contribution is 7.50. The summed E-state index contributed by atoms with van der Waals surface area (Å²) in [7, 11) is -3.99. The Balaban J connectivity index is 2.24. The van der Waals surface area contributed by atoms with Gasteiger partial charge in [-0.25, -0.2) is 0 Å². The minimum atomic E-state index is -3.99. The Morgan fingerprint density at radius 2 is 2.00 bits per heavy atom. The minimum absolute atomic E-state index is 0.250. The van der Waals surface area contributed by atoms with Crippen LogP contribution in [0.1, 0.15) is 29.8 Å². The molecule has 1 aliphatic rings. The van der Waals surface area contributed by atoms with Crippen LogP contribution in [-0.4, -0.2) is 14.8 Å². The normalized spacial score (nSPS) is 16.1. The summed E-state index contributed by atoms with van der Waals surface area (Å²) in [6.45, 7) is 0. The van der Waals surface area contributed by atoms with E-state index < -0.39 is 7.60 Å². The van der Waals surface area contributed by atoms with Crippen LogP contribution >= 0.6 is 7.60 Å². The number of fused-ring (bicyclic) bond motifs is 1. The molecule has 0 amide bonds. The Morgan fingerprint density at radius 1 is 1.27 bits per heavy atom. The van der Waals surface area contributed by atoms with Crippen LogP contribution in [0.3, 0.4) is 0 Å². The molecule has 1 aromatic heterocycles. The van der Waals surface area contributed by atoms with E-state index in [1.807, 2.05) is 6.07 Å². The van der Waals surface area contributed by atoms with Crippen molar-refractivity contribution in [2.24, 2.45) is 0 Å². The third-order valence-corrected chi connectivity index (χ3v) is 3.34. The number of hydrogen-bond acceptors (Lipinski definition) is 2. The van der Waals surface area contributed by atoms with E-state index in [1.54, 1.807) is 6.07 Å². The van der Waals surface area contributed by atoms with Gasteiger partial charge in [0.2, 0.25) is 0 Å². The van der Waals surface area contributed by atoms with Gasteiger partial charge in [-0.3, -0.25) is 9.55 Å². The predicted molar refractivity (Wildman–Crippen MR) is 56.6 cm³/mol. The summed E-state index contributed by atoms with van der Waals surface area (Å²) in [5.74, 6) is 0. The van der Waals surface area contributed by atoms with E-state index in [0.29, 0.717) is 5.69 Å². The number of pyridine rings is 1. The molecule has 0 fully saturated rings. The monoisotopic (exact) mass is 227 g/mol. The summed E-state index contributed by atoms with van der Waals surface area (Å²) in [6.07, 6.45) is 4.04. The van der Waals surface area contributed by atoms with Gasteiger partial charge >= 0.3 is 7.60 Å². The first kappa shape index (κ1) is 10.8. The molecule has 2 rings (SSSR count). The van der Waals surface area contributed by atoms with Crippen LogP contribution in [0.25, 0.3) is 0 Å². The summed E-state index contributed by atoms with van der Waals surface area (Å²) in [4.78, 5) is 22.0. The zero-order valence-electron chi connectivity index (χ0n) is 8.39. The maximum atomic E-state index is 10.8. The summed E-state index contributed by atoms with van der Waals surface area (Å²) in [6, 6.07) is 3.68. The highest BCUT2D eigenvalue weighted by Gasteiger charge is 2.17. The second kappa shape index (κ2) is 4.05. The molecule has 0 saturated carbocycles. The average molecular weight is 227 g/mol. The van der Waals surface area contributed by atoms with Crippen LogP contribution in [-0.2, 0) is 23.6 Å². The van der Waals surface area contributed by atoms with E-state index in [2.05, 4.69) is 4.98 Å². The molecule has 1 heterocycles. The van der Waals surface area contributed by atoms with Crippen molar-refractivity contribution in [3.63, 3.8) is 0 Å². The largest absolute Gasteiger partial charge is 0.331 e. The van der Waals surface area contributed by atoms with Gasteiger partial charge in [-0.15, -0.1) is 0 Å². The Morgan fingerprint density at radius 3 is 2.73 bits per heavy atom. The van der Waals surface area contributed by atoms with Gasteiger partial charge in [-0.05, 0) is 37.3 Å². The summed E-state index contributed by atoms with van der Waals surface area (Å²) >= 11 is 0. The predicted octanol–water partition coefficient (Wildman–Crippen LogP) is 1.64. The van der Waals surface area contributed by atoms with Crippen molar-refractivity contribution in [1.29, 1.82) is 0 Å². The Bertz CT molecular complexity index is 413. The van der Waals surface area contributed by atoms with Crippen LogP contribution in [0, 0.1) is 0 Å². The van der Waals surface area contributed by atoms with Gasteiger partial charge in [0.05, 0.1) is 11.9 Å². The molecule has 0 bridgehead atoms. The molecule has 0 radical (unpaired) electrons. The number of aryl methyl sites for hydroxylation is 2. The lowest BCUT2D eigenvalue weighted by Crippen LogP contribution is -2.07. The van der Waals surface area contributed by atoms with E-state index in [1.165, 1.54) is 12.0 Å². The molecule has 1 aliphatic carbocycles. The number of aromatic nitrogens is 1. The standard InChI is InChI=1S/C10H14NO3P/c12-15(13,14)7-9-6-5-8-3-1-2-4-10(8)11-9/h5-6H,1-4,7H2,(H2,12,13,14). The number of nitrogens with zero attached hydrogens (tertiary/aromatic N) is 1. The van der Waals surface area contributed by atoms with Crippen LogP contribution < -0.4 is 0 Å². The van der Waals surface area contributed by atoms with E-state index in [4.69, 9.17) is 9.79 Å². The molecule has 1 aromatic rings. The molecule has 0 spiro atoms. The molecule has 82 valence electrons. The highest BCUT2D eigenvalue weighted by atomic mass is 31.2. The van der Waals surface area contributed by atoms with Crippen molar-refractivity contribution in [1.82, 2.24) is 4.98 Å². The smallest absolute Gasteiger partial charge is 0.324 e. The van der Waals surface area contributed by atoms with Crippen molar-refractivity contribution in [2.45, 2.75) is 31.8 Å². The van der Waals surface area contributed by atoms with Gasteiger partial charge in [-0.2, -0.15) is 0 Å². The van der Waals surface area contributed by atoms with Gasteiger partial charge in [0.1, 0.15) is 0 Å². The first-order valence-corrected chi connectivity index (χ1v) is 6.86. The van der Waals surface area contributed by atoms with Crippen LogP contribution in [0.2, 0.25) is 0 Å². The molecule has 4 nitrogen and oxygen atoms in total. The van der Waals surface area contributed by atoms with Gasteiger partial charge in [-0.1, -0.05) is 6.07 Å². The summed E-state index contributed by atoms with van der Waals surface area (Å²) in [5.41, 5.74) is 2.76. The molecule has 0 atom stereocenters. The molecular weight excluding hydrogens is 213 g/mol. The topological polar surface area (TPSA) is 70.4 Å². The summed E-state index contributed by atoms with van der Waals surface area (Å²) in [5, 5.41) is 0.